The average Bonchev–Trinajstić information content (AvgIpc) is 2.78. The Bertz CT molecular complexity index is 1220. The minimum atomic E-state index is -3.59. The molecule has 3 aromatic rings. The highest BCUT2D eigenvalue weighted by Crippen LogP contribution is 2.29. The third-order valence-electron chi connectivity index (χ3n) is 4.60. The summed E-state index contributed by atoms with van der Waals surface area (Å²) in [7, 11) is -3.59. The van der Waals surface area contributed by atoms with E-state index in [-0.39, 0.29) is 36.4 Å². The topological polar surface area (TPSA) is 75.7 Å². The number of ether oxygens (including phenoxy) is 1. The van der Waals surface area contributed by atoms with Crippen LogP contribution in [-0.4, -0.2) is 33.7 Å². The molecule has 174 valence electrons. The molecule has 0 heterocycles. The van der Waals surface area contributed by atoms with Gasteiger partial charge in [0.15, 0.2) is 0 Å². The molecule has 1 amide bonds. The summed E-state index contributed by atoms with van der Waals surface area (Å²) in [5, 5.41) is 3.31. The lowest BCUT2D eigenvalue weighted by molar-refractivity contribution is 0.0947. The molecule has 3 aromatic carbocycles. The second kappa shape index (κ2) is 10.9. The van der Waals surface area contributed by atoms with Gasteiger partial charge in [0, 0.05) is 5.56 Å². The maximum Gasteiger partial charge on any atom is 0.251 e. The van der Waals surface area contributed by atoms with Crippen molar-refractivity contribution < 1.29 is 22.3 Å². The average molecular weight is 511 g/mol. The van der Waals surface area contributed by atoms with Crippen LogP contribution < -0.4 is 14.4 Å². The molecule has 0 aromatic heterocycles. The Morgan fingerprint density at radius 2 is 1.67 bits per heavy atom. The molecule has 0 spiro atoms. The maximum absolute atomic E-state index is 12.9. The van der Waals surface area contributed by atoms with E-state index in [1.165, 1.54) is 40.7 Å². The van der Waals surface area contributed by atoms with Gasteiger partial charge in [0.2, 0.25) is 10.0 Å². The Balaban J connectivity index is 1.59. The first kappa shape index (κ1) is 24.8. The van der Waals surface area contributed by atoms with Gasteiger partial charge in [-0.2, -0.15) is 0 Å². The fourth-order valence-corrected chi connectivity index (χ4v) is 4.11. The largest absolute Gasteiger partial charge is 0.492 e. The lowest BCUT2D eigenvalue weighted by atomic mass is 10.1. The van der Waals surface area contributed by atoms with Crippen molar-refractivity contribution in [3.05, 3.63) is 93.7 Å². The number of anilines is 1. The van der Waals surface area contributed by atoms with E-state index < -0.39 is 10.0 Å². The van der Waals surface area contributed by atoms with Crippen LogP contribution in [-0.2, 0) is 16.6 Å². The van der Waals surface area contributed by atoms with Gasteiger partial charge in [-0.3, -0.25) is 9.10 Å². The number of carbonyl (C=O) groups excluding carboxylic acids is 1. The van der Waals surface area contributed by atoms with Crippen molar-refractivity contribution in [2.24, 2.45) is 0 Å². The first-order valence-electron chi connectivity index (χ1n) is 9.82. The summed E-state index contributed by atoms with van der Waals surface area (Å²) in [6, 6.07) is 16.8. The second-order valence-corrected chi connectivity index (χ2v) is 9.84. The van der Waals surface area contributed by atoms with Crippen LogP contribution in [0.25, 0.3) is 0 Å². The van der Waals surface area contributed by atoms with Crippen LogP contribution in [0.15, 0.2) is 66.7 Å². The summed E-state index contributed by atoms with van der Waals surface area (Å²) in [6.07, 6.45) is 1.10. The molecular weight excluding hydrogens is 490 g/mol. The van der Waals surface area contributed by atoms with Crippen molar-refractivity contribution in [2.75, 3.05) is 23.7 Å². The predicted molar refractivity (Wildman–Crippen MR) is 128 cm³/mol. The van der Waals surface area contributed by atoms with Gasteiger partial charge in [-0.15, -0.1) is 0 Å². The van der Waals surface area contributed by atoms with Gasteiger partial charge in [0.25, 0.3) is 5.91 Å². The van der Waals surface area contributed by atoms with Crippen LogP contribution in [0, 0.1) is 5.82 Å². The number of benzene rings is 3. The number of hydrogen-bond donors (Lipinski definition) is 1. The first-order chi connectivity index (χ1) is 15.6. The molecule has 6 nitrogen and oxygen atoms in total. The zero-order valence-electron chi connectivity index (χ0n) is 17.6. The normalized spacial score (nSPS) is 11.2. The molecule has 0 atom stereocenters. The summed E-state index contributed by atoms with van der Waals surface area (Å²) in [4.78, 5) is 12.3. The molecule has 0 fully saturated rings. The van der Waals surface area contributed by atoms with Gasteiger partial charge >= 0.3 is 0 Å². The number of halogens is 3. The smallest absolute Gasteiger partial charge is 0.251 e. The minimum absolute atomic E-state index is 0.0597. The van der Waals surface area contributed by atoms with Crippen LogP contribution in [0.4, 0.5) is 10.1 Å². The van der Waals surface area contributed by atoms with Crippen molar-refractivity contribution in [2.45, 2.75) is 6.54 Å². The summed E-state index contributed by atoms with van der Waals surface area (Å²) < 4.78 is 44.2. The lowest BCUT2D eigenvalue weighted by Crippen LogP contribution is -2.29. The molecule has 0 saturated heterocycles. The van der Waals surface area contributed by atoms with Crippen LogP contribution in [0.1, 0.15) is 15.9 Å². The van der Waals surface area contributed by atoms with E-state index in [0.717, 1.165) is 6.26 Å². The van der Waals surface area contributed by atoms with Crippen molar-refractivity contribution in [1.29, 1.82) is 0 Å². The van der Waals surface area contributed by atoms with Crippen LogP contribution in [0.2, 0.25) is 10.0 Å². The molecule has 0 aliphatic carbocycles. The van der Waals surface area contributed by atoms with Crippen molar-refractivity contribution in [3.63, 3.8) is 0 Å². The number of rotatable bonds is 9. The summed E-state index contributed by atoms with van der Waals surface area (Å²) in [5.74, 6) is -0.142. The van der Waals surface area contributed by atoms with E-state index in [1.807, 2.05) is 0 Å². The molecule has 0 aliphatic rings. The molecule has 10 heteroatoms. The SMILES string of the molecule is CS(=O)(=O)N(Cc1ccc(C(=O)NCCOc2ccc(F)cc2)cc1)c1ccc(Cl)c(Cl)c1. The molecule has 0 bridgehead atoms. The van der Waals surface area contributed by atoms with Gasteiger partial charge in [-0.05, 0) is 60.2 Å². The van der Waals surface area contributed by atoms with E-state index in [4.69, 9.17) is 27.9 Å². The van der Waals surface area contributed by atoms with E-state index in [1.54, 1.807) is 30.3 Å². The monoisotopic (exact) mass is 510 g/mol. The molecule has 0 radical (unpaired) electrons. The Morgan fingerprint density at radius 3 is 2.27 bits per heavy atom. The van der Waals surface area contributed by atoms with Crippen LogP contribution in [0.3, 0.4) is 0 Å². The number of amides is 1. The summed E-state index contributed by atoms with van der Waals surface area (Å²) in [6.45, 7) is 0.545. The Morgan fingerprint density at radius 1 is 1.00 bits per heavy atom. The van der Waals surface area contributed by atoms with E-state index >= 15 is 0 Å². The van der Waals surface area contributed by atoms with Gasteiger partial charge < -0.3 is 10.1 Å². The van der Waals surface area contributed by atoms with Gasteiger partial charge in [0.1, 0.15) is 18.2 Å². The van der Waals surface area contributed by atoms with Crippen LogP contribution in [0.5, 0.6) is 5.75 Å². The van der Waals surface area contributed by atoms with Gasteiger partial charge in [0.05, 0.1) is 35.1 Å². The number of nitrogens with zero attached hydrogens (tertiary/aromatic N) is 1. The number of nitrogens with one attached hydrogen (secondary N) is 1. The summed E-state index contributed by atoms with van der Waals surface area (Å²) in [5.41, 5.74) is 1.48. The number of sulfonamides is 1. The molecular formula is C23H21Cl2FN2O4S. The maximum atomic E-state index is 12.9. The molecule has 3 rings (SSSR count). The molecule has 1 N–H and O–H groups in total. The predicted octanol–water partition coefficient (Wildman–Crippen LogP) is 4.91. The highest BCUT2D eigenvalue weighted by Gasteiger charge is 2.19. The summed E-state index contributed by atoms with van der Waals surface area (Å²) >= 11 is 12.0. The van der Waals surface area contributed by atoms with Gasteiger partial charge in [-0.25, -0.2) is 12.8 Å². The highest BCUT2D eigenvalue weighted by atomic mass is 35.5. The van der Waals surface area contributed by atoms with Crippen molar-refractivity contribution >= 4 is 44.8 Å². The van der Waals surface area contributed by atoms with Crippen LogP contribution >= 0.6 is 23.2 Å². The Hall–Kier alpha value is -2.81. The zero-order valence-corrected chi connectivity index (χ0v) is 19.9. The Kier molecular flexibility index (Phi) is 8.18. The molecule has 33 heavy (non-hydrogen) atoms. The lowest BCUT2D eigenvalue weighted by Gasteiger charge is -2.23. The third kappa shape index (κ3) is 7.08. The number of hydrogen-bond acceptors (Lipinski definition) is 4. The molecule has 0 aliphatic heterocycles. The standard InChI is InChI=1S/C23H21Cl2FN2O4S/c1-33(30,31)28(19-8-11-21(24)22(25)14-19)15-16-2-4-17(5-3-16)23(29)27-12-13-32-20-9-6-18(26)7-10-20/h2-11,14H,12-13,15H2,1H3,(H,27,29). The second-order valence-electron chi connectivity index (χ2n) is 7.12. The van der Waals surface area contributed by atoms with E-state index in [0.29, 0.717) is 27.6 Å². The van der Waals surface area contributed by atoms with E-state index in [9.17, 15) is 17.6 Å². The van der Waals surface area contributed by atoms with Crippen molar-refractivity contribution in [1.82, 2.24) is 5.32 Å². The highest BCUT2D eigenvalue weighted by molar-refractivity contribution is 7.92. The van der Waals surface area contributed by atoms with Crippen molar-refractivity contribution in [3.8, 4) is 5.75 Å². The first-order valence-corrected chi connectivity index (χ1v) is 12.4. The fourth-order valence-electron chi connectivity index (χ4n) is 2.93. The third-order valence-corrected chi connectivity index (χ3v) is 6.48. The molecule has 0 saturated carbocycles. The van der Waals surface area contributed by atoms with E-state index in [2.05, 4.69) is 5.32 Å². The number of carbonyl (C=O) groups is 1. The van der Waals surface area contributed by atoms with Gasteiger partial charge in [-0.1, -0.05) is 35.3 Å². The quantitative estimate of drug-likeness (QED) is 0.415. The fraction of sp³-hybridized carbons (Fsp3) is 0.174. The zero-order chi connectivity index (χ0) is 24.0. The Labute approximate surface area is 201 Å². The molecule has 0 unspecified atom stereocenters. The minimum Gasteiger partial charge on any atom is -0.492 e.